The number of carbonyl (C=O) groups is 1. The number of carbonyl (C=O) groups excluding carboxylic acids is 1. The Morgan fingerprint density at radius 2 is 1.88 bits per heavy atom. The van der Waals surface area contributed by atoms with E-state index in [2.05, 4.69) is 10.6 Å². The maximum atomic E-state index is 11.7. The number of hydrogen-bond acceptors (Lipinski definition) is 2. The van der Waals surface area contributed by atoms with Gasteiger partial charge in [-0.1, -0.05) is 29.3 Å². The topological polar surface area (TPSA) is 41.1 Å². The van der Waals surface area contributed by atoms with E-state index in [1.165, 1.54) is 0 Å². The van der Waals surface area contributed by atoms with Crippen LogP contribution < -0.4 is 10.6 Å². The Bertz CT molecular complexity index is 349. The number of nitrogens with one attached hydrogen (secondary N) is 2. The molecule has 0 saturated carbocycles. The summed E-state index contributed by atoms with van der Waals surface area (Å²) in [6.07, 6.45) is 0.865. The molecule has 0 aliphatic carbocycles. The zero-order chi connectivity index (χ0) is 12.0. The van der Waals surface area contributed by atoms with Gasteiger partial charge in [0.2, 0.25) is 0 Å². The van der Waals surface area contributed by atoms with E-state index < -0.39 is 0 Å². The van der Waals surface area contributed by atoms with Gasteiger partial charge in [0.05, 0.1) is 15.6 Å². The van der Waals surface area contributed by atoms with Crippen molar-refractivity contribution >= 4 is 29.1 Å². The molecule has 88 valence electrons. The fourth-order valence-electron chi connectivity index (χ4n) is 1.27. The molecule has 0 aliphatic rings. The standard InChI is InChI=1S/C11H14Cl2N2O/c1-14-6-3-7-15-11(16)10-8(12)4-2-5-9(10)13/h2,4-5,14H,3,6-7H2,1H3,(H,15,16). The molecule has 0 bridgehead atoms. The molecule has 1 amide bonds. The molecule has 0 spiro atoms. The van der Waals surface area contributed by atoms with Gasteiger partial charge in [0.15, 0.2) is 0 Å². The molecule has 3 nitrogen and oxygen atoms in total. The average molecular weight is 261 g/mol. The Hall–Kier alpha value is -0.770. The second-order valence-corrected chi connectivity index (χ2v) is 4.12. The first-order chi connectivity index (χ1) is 7.66. The lowest BCUT2D eigenvalue weighted by atomic mass is 10.2. The predicted octanol–water partition coefficient (Wildman–Crippen LogP) is 2.33. The van der Waals surface area contributed by atoms with Crippen molar-refractivity contribution in [3.63, 3.8) is 0 Å². The van der Waals surface area contributed by atoms with Gasteiger partial charge in [-0.3, -0.25) is 4.79 Å². The summed E-state index contributed by atoms with van der Waals surface area (Å²) >= 11 is 11.8. The molecule has 0 radical (unpaired) electrons. The second-order valence-electron chi connectivity index (χ2n) is 3.31. The van der Waals surface area contributed by atoms with E-state index in [-0.39, 0.29) is 5.91 Å². The fraction of sp³-hybridized carbons (Fsp3) is 0.364. The molecule has 0 unspecified atom stereocenters. The highest BCUT2D eigenvalue weighted by Crippen LogP contribution is 2.23. The number of rotatable bonds is 5. The van der Waals surface area contributed by atoms with Crippen molar-refractivity contribution in [2.24, 2.45) is 0 Å². The third-order valence-corrected chi connectivity index (χ3v) is 2.71. The van der Waals surface area contributed by atoms with Crippen molar-refractivity contribution in [1.82, 2.24) is 10.6 Å². The van der Waals surface area contributed by atoms with Crippen LogP contribution in [-0.4, -0.2) is 26.0 Å². The monoisotopic (exact) mass is 260 g/mol. The molecule has 0 aliphatic heterocycles. The lowest BCUT2D eigenvalue weighted by molar-refractivity contribution is 0.0953. The van der Waals surface area contributed by atoms with Crippen LogP contribution in [0.3, 0.4) is 0 Å². The number of hydrogen-bond donors (Lipinski definition) is 2. The minimum atomic E-state index is -0.230. The summed E-state index contributed by atoms with van der Waals surface area (Å²) in [6.45, 7) is 1.46. The summed E-state index contributed by atoms with van der Waals surface area (Å²) in [5.74, 6) is -0.230. The Morgan fingerprint density at radius 1 is 1.25 bits per heavy atom. The van der Waals surface area contributed by atoms with Gasteiger partial charge in [-0.2, -0.15) is 0 Å². The summed E-state index contributed by atoms with van der Waals surface area (Å²) in [7, 11) is 1.87. The number of amides is 1. The molecule has 2 N–H and O–H groups in total. The largest absolute Gasteiger partial charge is 0.352 e. The molecule has 0 aromatic heterocycles. The summed E-state index contributed by atoms with van der Waals surface area (Å²) in [4.78, 5) is 11.7. The van der Waals surface area contributed by atoms with Gasteiger partial charge in [-0.25, -0.2) is 0 Å². The van der Waals surface area contributed by atoms with Crippen LogP contribution in [-0.2, 0) is 0 Å². The molecule has 0 atom stereocenters. The Labute approximate surface area is 105 Å². The van der Waals surface area contributed by atoms with E-state index in [4.69, 9.17) is 23.2 Å². The highest BCUT2D eigenvalue weighted by Gasteiger charge is 2.13. The summed E-state index contributed by atoms with van der Waals surface area (Å²) < 4.78 is 0. The molecule has 0 saturated heterocycles. The first-order valence-corrected chi connectivity index (χ1v) is 5.79. The van der Waals surface area contributed by atoms with Crippen LogP contribution in [0, 0.1) is 0 Å². The fourth-order valence-corrected chi connectivity index (χ4v) is 1.84. The van der Waals surface area contributed by atoms with Crippen molar-refractivity contribution in [3.8, 4) is 0 Å². The molecule has 16 heavy (non-hydrogen) atoms. The molecule has 0 heterocycles. The average Bonchev–Trinajstić information content (AvgIpc) is 2.24. The van der Waals surface area contributed by atoms with Gasteiger partial charge in [-0.15, -0.1) is 0 Å². The van der Waals surface area contributed by atoms with Gasteiger partial charge in [0.25, 0.3) is 5.91 Å². The Kier molecular flexibility index (Phi) is 5.60. The van der Waals surface area contributed by atoms with Crippen molar-refractivity contribution < 1.29 is 4.79 Å². The van der Waals surface area contributed by atoms with Crippen molar-refractivity contribution in [3.05, 3.63) is 33.8 Å². The zero-order valence-electron chi connectivity index (χ0n) is 9.02. The molecule has 5 heteroatoms. The van der Waals surface area contributed by atoms with Crippen molar-refractivity contribution in [2.45, 2.75) is 6.42 Å². The molecule has 1 rings (SSSR count). The first kappa shape index (κ1) is 13.3. The van der Waals surface area contributed by atoms with Crippen LogP contribution in [0.5, 0.6) is 0 Å². The van der Waals surface area contributed by atoms with E-state index in [0.29, 0.717) is 22.2 Å². The molecular weight excluding hydrogens is 247 g/mol. The maximum Gasteiger partial charge on any atom is 0.254 e. The lowest BCUT2D eigenvalue weighted by Crippen LogP contribution is -2.27. The third-order valence-electron chi connectivity index (χ3n) is 2.08. The highest BCUT2D eigenvalue weighted by atomic mass is 35.5. The molecule has 0 fully saturated rings. The zero-order valence-corrected chi connectivity index (χ0v) is 10.5. The smallest absolute Gasteiger partial charge is 0.254 e. The van der Waals surface area contributed by atoms with Crippen molar-refractivity contribution in [2.75, 3.05) is 20.1 Å². The van der Waals surface area contributed by atoms with E-state index in [9.17, 15) is 4.79 Å². The molecule has 1 aromatic carbocycles. The lowest BCUT2D eigenvalue weighted by Gasteiger charge is -2.07. The van der Waals surface area contributed by atoms with Crippen LogP contribution in [0.15, 0.2) is 18.2 Å². The van der Waals surface area contributed by atoms with E-state index >= 15 is 0 Å². The van der Waals surface area contributed by atoms with E-state index in [0.717, 1.165) is 13.0 Å². The third kappa shape index (κ3) is 3.67. The maximum absolute atomic E-state index is 11.7. The van der Waals surface area contributed by atoms with Gasteiger partial charge >= 0.3 is 0 Å². The van der Waals surface area contributed by atoms with Gasteiger partial charge in [0, 0.05) is 6.54 Å². The minimum absolute atomic E-state index is 0.230. The number of halogens is 2. The minimum Gasteiger partial charge on any atom is -0.352 e. The summed E-state index contributed by atoms with van der Waals surface area (Å²) in [5, 5.41) is 6.52. The van der Waals surface area contributed by atoms with E-state index in [1.807, 2.05) is 7.05 Å². The van der Waals surface area contributed by atoms with Gasteiger partial charge < -0.3 is 10.6 Å². The highest BCUT2D eigenvalue weighted by molar-refractivity contribution is 6.39. The summed E-state index contributed by atoms with van der Waals surface area (Å²) in [6, 6.07) is 5.01. The first-order valence-electron chi connectivity index (χ1n) is 5.03. The van der Waals surface area contributed by atoms with Crippen LogP contribution in [0.4, 0.5) is 0 Å². The van der Waals surface area contributed by atoms with Crippen LogP contribution >= 0.6 is 23.2 Å². The quantitative estimate of drug-likeness (QED) is 0.799. The second kappa shape index (κ2) is 6.74. The van der Waals surface area contributed by atoms with Crippen LogP contribution in [0.2, 0.25) is 10.0 Å². The van der Waals surface area contributed by atoms with Crippen LogP contribution in [0.25, 0.3) is 0 Å². The van der Waals surface area contributed by atoms with E-state index in [1.54, 1.807) is 18.2 Å². The normalized spacial score (nSPS) is 10.2. The predicted molar refractivity (Wildman–Crippen MR) is 67.3 cm³/mol. The number of benzene rings is 1. The summed E-state index contributed by atoms with van der Waals surface area (Å²) in [5.41, 5.74) is 0.343. The Morgan fingerprint density at radius 3 is 2.44 bits per heavy atom. The molecular formula is C11H14Cl2N2O. The SMILES string of the molecule is CNCCCNC(=O)c1c(Cl)cccc1Cl. The van der Waals surface area contributed by atoms with Crippen molar-refractivity contribution in [1.29, 1.82) is 0 Å². The Balaban J connectivity index is 2.59. The molecule has 1 aromatic rings. The van der Waals surface area contributed by atoms with Gasteiger partial charge in [0.1, 0.15) is 0 Å². The van der Waals surface area contributed by atoms with Crippen LogP contribution in [0.1, 0.15) is 16.8 Å². The van der Waals surface area contributed by atoms with Gasteiger partial charge in [-0.05, 0) is 32.1 Å².